The van der Waals surface area contributed by atoms with E-state index in [2.05, 4.69) is 0 Å². The van der Waals surface area contributed by atoms with Crippen LogP contribution < -0.4 is 5.56 Å². The smallest absolute Gasteiger partial charge is 0.250 e. The molecule has 0 aliphatic heterocycles. The van der Waals surface area contributed by atoms with Crippen LogP contribution in [0.25, 0.3) is 11.1 Å². The first kappa shape index (κ1) is 12.4. The number of hydrogen-bond acceptors (Lipinski definition) is 2. The summed E-state index contributed by atoms with van der Waals surface area (Å²) in [5, 5.41) is 9.96. The Labute approximate surface area is 106 Å². The molecule has 0 atom stereocenters. The lowest BCUT2D eigenvalue weighted by Gasteiger charge is -2.10. The standard InChI is InChI=1S/C15H17NO2/c1-10(2)13-5-4-11(8-14(13)17)12-6-7-16(3)15(18)9-12/h4-10,17H,1-3H3. The molecule has 94 valence electrons. The number of rotatable bonds is 2. The van der Waals surface area contributed by atoms with Gasteiger partial charge in [-0.2, -0.15) is 0 Å². The molecule has 1 heterocycles. The fourth-order valence-corrected chi connectivity index (χ4v) is 1.94. The highest BCUT2D eigenvalue weighted by molar-refractivity contribution is 5.65. The SMILES string of the molecule is CC(C)c1ccc(-c2ccn(C)c(=O)c2)cc1O. The van der Waals surface area contributed by atoms with Gasteiger partial charge in [0.1, 0.15) is 5.75 Å². The van der Waals surface area contributed by atoms with E-state index in [1.165, 1.54) is 4.57 Å². The minimum atomic E-state index is -0.0556. The first-order chi connectivity index (χ1) is 8.49. The van der Waals surface area contributed by atoms with E-state index in [4.69, 9.17) is 0 Å². The van der Waals surface area contributed by atoms with Crippen molar-refractivity contribution >= 4 is 0 Å². The Bertz CT molecular complexity index is 627. The fourth-order valence-electron chi connectivity index (χ4n) is 1.94. The zero-order valence-corrected chi connectivity index (χ0v) is 10.8. The maximum Gasteiger partial charge on any atom is 0.250 e. The molecule has 0 aliphatic carbocycles. The zero-order chi connectivity index (χ0) is 13.3. The van der Waals surface area contributed by atoms with Gasteiger partial charge in [-0.3, -0.25) is 4.79 Å². The van der Waals surface area contributed by atoms with E-state index in [1.807, 2.05) is 32.0 Å². The van der Waals surface area contributed by atoms with Crippen molar-refractivity contribution in [2.24, 2.45) is 7.05 Å². The summed E-state index contributed by atoms with van der Waals surface area (Å²) in [6.07, 6.45) is 1.73. The number of phenols is 1. The number of aryl methyl sites for hydroxylation is 1. The lowest BCUT2D eigenvalue weighted by atomic mass is 9.98. The molecule has 1 N–H and O–H groups in total. The van der Waals surface area contributed by atoms with Crippen LogP contribution >= 0.6 is 0 Å². The van der Waals surface area contributed by atoms with Crippen molar-refractivity contribution in [3.63, 3.8) is 0 Å². The minimum Gasteiger partial charge on any atom is -0.508 e. The molecule has 0 unspecified atom stereocenters. The van der Waals surface area contributed by atoms with Gasteiger partial charge in [0.15, 0.2) is 0 Å². The normalized spacial score (nSPS) is 10.9. The number of aromatic hydroxyl groups is 1. The van der Waals surface area contributed by atoms with E-state index in [0.717, 1.165) is 16.7 Å². The molecule has 3 nitrogen and oxygen atoms in total. The molecule has 0 amide bonds. The number of pyridine rings is 1. The molecule has 0 spiro atoms. The highest BCUT2D eigenvalue weighted by Gasteiger charge is 2.08. The quantitative estimate of drug-likeness (QED) is 0.881. The second-order valence-electron chi connectivity index (χ2n) is 4.79. The van der Waals surface area contributed by atoms with Crippen LogP contribution in [0, 0.1) is 0 Å². The summed E-state index contributed by atoms with van der Waals surface area (Å²) in [6.45, 7) is 4.07. The first-order valence-corrected chi connectivity index (χ1v) is 5.99. The van der Waals surface area contributed by atoms with E-state index in [9.17, 15) is 9.90 Å². The minimum absolute atomic E-state index is 0.0556. The van der Waals surface area contributed by atoms with Gasteiger partial charge >= 0.3 is 0 Å². The lowest BCUT2D eigenvalue weighted by molar-refractivity contribution is 0.465. The topological polar surface area (TPSA) is 42.2 Å². The highest BCUT2D eigenvalue weighted by atomic mass is 16.3. The van der Waals surface area contributed by atoms with Crippen molar-refractivity contribution in [3.05, 3.63) is 52.4 Å². The van der Waals surface area contributed by atoms with Crippen molar-refractivity contribution < 1.29 is 5.11 Å². The Morgan fingerprint density at radius 1 is 1.11 bits per heavy atom. The molecule has 0 aliphatic rings. The molecular weight excluding hydrogens is 226 g/mol. The average Bonchev–Trinajstić information content (AvgIpc) is 2.32. The second-order valence-corrected chi connectivity index (χ2v) is 4.79. The van der Waals surface area contributed by atoms with Crippen molar-refractivity contribution in [2.75, 3.05) is 0 Å². The predicted molar refractivity (Wildman–Crippen MR) is 72.9 cm³/mol. The van der Waals surface area contributed by atoms with Gasteiger partial charge in [-0.05, 0) is 34.7 Å². The molecule has 18 heavy (non-hydrogen) atoms. The molecule has 2 rings (SSSR count). The first-order valence-electron chi connectivity index (χ1n) is 5.99. The van der Waals surface area contributed by atoms with E-state index >= 15 is 0 Å². The summed E-state index contributed by atoms with van der Waals surface area (Å²) in [6, 6.07) is 9.00. The maximum absolute atomic E-state index is 11.6. The second kappa shape index (κ2) is 4.69. The van der Waals surface area contributed by atoms with Gasteiger partial charge in [0.2, 0.25) is 0 Å². The number of nitrogens with zero attached hydrogens (tertiary/aromatic N) is 1. The largest absolute Gasteiger partial charge is 0.508 e. The Morgan fingerprint density at radius 2 is 1.78 bits per heavy atom. The summed E-state index contributed by atoms with van der Waals surface area (Å²) in [5.74, 6) is 0.561. The number of aromatic nitrogens is 1. The molecular formula is C15H17NO2. The number of hydrogen-bond donors (Lipinski definition) is 1. The molecule has 0 saturated heterocycles. The zero-order valence-electron chi connectivity index (χ0n) is 10.8. The fraction of sp³-hybridized carbons (Fsp3) is 0.267. The van der Waals surface area contributed by atoms with Gasteiger partial charge in [0, 0.05) is 19.3 Å². The van der Waals surface area contributed by atoms with Gasteiger partial charge in [-0.1, -0.05) is 26.0 Å². The Hall–Kier alpha value is -2.03. The maximum atomic E-state index is 11.6. The summed E-state index contributed by atoms with van der Waals surface area (Å²) in [5.41, 5.74) is 2.54. The van der Waals surface area contributed by atoms with E-state index < -0.39 is 0 Å². The Morgan fingerprint density at radius 3 is 2.33 bits per heavy atom. The summed E-state index contributed by atoms with van der Waals surface area (Å²) < 4.78 is 1.52. The summed E-state index contributed by atoms with van der Waals surface area (Å²) >= 11 is 0. The Kier molecular flexibility index (Phi) is 3.24. The summed E-state index contributed by atoms with van der Waals surface area (Å²) in [7, 11) is 1.71. The molecule has 2 aromatic rings. The highest BCUT2D eigenvalue weighted by Crippen LogP contribution is 2.30. The number of benzene rings is 1. The average molecular weight is 243 g/mol. The molecule has 1 aromatic heterocycles. The van der Waals surface area contributed by atoms with Gasteiger partial charge in [0.25, 0.3) is 5.56 Å². The van der Waals surface area contributed by atoms with E-state index in [-0.39, 0.29) is 17.2 Å². The van der Waals surface area contributed by atoms with Crippen molar-refractivity contribution in [1.82, 2.24) is 4.57 Å². The van der Waals surface area contributed by atoms with Crippen LogP contribution in [-0.2, 0) is 7.05 Å². The third-order valence-electron chi connectivity index (χ3n) is 3.09. The molecule has 0 bridgehead atoms. The molecule has 0 radical (unpaired) electrons. The summed E-state index contributed by atoms with van der Waals surface area (Å²) in [4.78, 5) is 11.6. The van der Waals surface area contributed by atoms with Crippen molar-refractivity contribution in [3.8, 4) is 16.9 Å². The van der Waals surface area contributed by atoms with E-state index in [0.29, 0.717) is 0 Å². The lowest BCUT2D eigenvalue weighted by Crippen LogP contribution is -2.14. The molecule has 0 fully saturated rings. The van der Waals surface area contributed by atoms with Crippen LogP contribution in [0.4, 0.5) is 0 Å². The monoisotopic (exact) mass is 243 g/mol. The van der Waals surface area contributed by atoms with Crippen LogP contribution in [0.2, 0.25) is 0 Å². The van der Waals surface area contributed by atoms with Crippen LogP contribution in [0.5, 0.6) is 5.75 Å². The Balaban J connectivity index is 2.49. The van der Waals surface area contributed by atoms with E-state index in [1.54, 1.807) is 25.4 Å². The van der Waals surface area contributed by atoms with Gasteiger partial charge in [-0.15, -0.1) is 0 Å². The van der Waals surface area contributed by atoms with Gasteiger partial charge in [0.05, 0.1) is 0 Å². The number of phenolic OH excluding ortho intramolecular Hbond substituents is 1. The third-order valence-corrected chi connectivity index (χ3v) is 3.09. The van der Waals surface area contributed by atoms with Gasteiger partial charge < -0.3 is 9.67 Å². The molecule has 3 heteroatoms. The van der Waals surface area contributed by atoms with Crippen LogP contribution in [0.15, 0.2) is 41.3 Å². The van der Waals surface area contributed by atoms with Crippen LogP contribution in [0.1, 0.15) is 25.3 Å². The van der Waals surface area contributed by atoms with Crippen molar-refractivity contribution in [2.45, 2.75) is 19.8 Å². The molecule has 1 aromatic carbocycles. The van der Waals surface area contributed by atoms with Crippen molar-refractivity contribution in [1.29, 1.82) is 0 Å². The molecule has 0 saturated carbocycles. The van der Waals surface area contributed by atoms with Crippen LogP contribution in [0.3, 0.4) is 0 Å². The predicted octanol–water partition coefficient (Wildman–Crippen LogP) is 2.88. The van der Waals surface area contributed by atoms with Crippen LogP contribution in [-0.4, -0.2) is 9.67 Å². The third kappa shape index (κ3) is 2.30. The van der Waals surface area contributed by atoms with Gasteiger partial charge in [-0.25, -0.2) is 0 Å².